The summed E-state index contributed by atoms with van der Waals surface area (Å²) in [7, 11) is 0. The third kappa shape index (κ3) is 4.33. The van der Waals surface area contributed by atoms with Gasteiger partial charge in [-0.15, -0.1) is 11.3 Å². The highest BCUT2D eigenvalue weighted by Crippen LogP contribution is 2.51. The number of fused-ring (bicyclic) bond motifs is 9. The van der Waals surface area contributed by atoms with Crippen LogP contribution in [0.15, 0.2) is 179 Å². The van der Waals surface area contributed by atoms with Gasteiger partial charge in [0.1, 0.15) is 16.9 Å². The number of oxazole rings is 1. The number of anilines is 3. The summed E-state index contributed by atoms with van der Waals surface area (Å²) in [5.74, 6) is 1.23. The predicted molar refractivity (Wildman–Crippen MR) is 224 cm³/mol. The molecule has 0 saturated carbocycles. The number of hydrogen-bond donors (Lipinski definition) is 0. The van der Waals surface area contributed by atoms with Crippen LogP contribution >= 0.6 is 11.3 Å². The van der Waals surface area contributed by atoms with Crippen LogP contribution in [0.1, 0.15) is 5.48 Å². The molecule has 11 aromatic rings. The molecule has 252 valence electrons. The van der Waals surface area contributed by atoms with Crippen molar-refractivity contribution in [2.75, 3.05) is 4.90 Å². The van der Waals surface area contributed by atoms with Crippen LogP contribution in [0.4, 0.5) is 17.1 Å². The molecule has 0 aliphatic heterocycles. The van der Waals surface area contributed by atoms with Crippen molar-refractivity contribution in [3.63, 3.8) is 0 Å². The molecule has 3 heterocycles. The summed E-state index contributed by atoms with van der Waals surface area (Å²) in [6.07, 6.45) is 0. The Balaban J connectivity index is 1.06. The smallest absolute Gasteiger partial charge is 0.227 e. The molecule has 5 heteroatoms. The number of para-hydroxylation sites is 1. The van der Waals surface area contributed by atoms with Crippen molar-refractivity contribution >= 4 is 81.3 Å². The van der Waals surface area contributed by atoms with Gasteiger partial charge in [0.15, 0.2) is 5.76 Å². The second-order valence-corrected chi connectivity index (χ2v) is 14.7. The van der Waals surface area contributed by atoms with Gasteiger partial charge in [-0.3, -0.25) is 0 Å². The lowest BCUT2D eigenvalue weighted by Gasteiger charge is -2.26. The minimum atomic E-state index is -0.146. The molecule has 8 aromatic carbocycles. The van der Waals surface area contributed by atoms with E-state index in [1.54, 1.807) is 11.3 Å². The number of thiophene rings is 1. The first-order chi connectivity index (χ1) is 28.4. The van der Waals surface area contributed by atoms with Crippen LogP contribution < -0.4 is 4.90 Å². The first kappa shape index (κ1) is 25.9. The van der Waals surface area contributed by atoms with E-state index in [1.807, 2.05) is 126 Å². The monoisotopic (exact) mass is 712 g/mol. The molecule has 0 unspecified atom stereocenters. The summed E-state index contributed by atoms with van der Waals surface area (Å²) in [6.45, 7) is 0. The van der Waals surface area contributed by atoms with Gasteiger partial charge in [0.2, 0.25) is 5.89 Å². The van der Waals surface area contributed by atoms with Gasteiger partial charge in [0, 0.05) is 70.1 Å². The average Bonchev–Trinajstić information content (AvgIpc) is 4.03. The standard InChI is InChI=1S/C49H28N2O2S/c1-2-9-30(10-3-1)49-50-47-38-24-23-34(37-13-8-14-39(46(37)38)48(47)53-49)29-17-19-31(20-18-29)51(32-21-25-43-40(27-32)35-11-4-6-15-42(35)52-43)33-22-26-45-41(28-33)36-12-5-7-16-44(36)54-45/h1-28H/i17D,18D,19D,20D. The summed E-state index contributed by atoms with van der Waals surface area (Å²) >= 11 is 1.72. The Kier molecular flexibility index (Phi) is 5.41. The number of rotatable bonds is 5. The summed E-state index contributed by atoms with van der Waals surface area (Å²) in [5, 5.41) is 5.75. The molecule has 0 atom stereocenters. The van der Waals surface area contributed by atoms with Crippen LogP contribution in [0.2, 0.25) is 0 Å². The molecule has 54 heavy (non-hydrogen) atoms. The summed E-state index contributed by atoms with van der Waals surface area (Å²) in [6, 6.07) is 47.2. The lowest BCUT2D eigenvalue weighted by Crippen LogP contribution is -2.09. The third-order valence-electron chi connectivity index (χ3n) is 10.5. The van der Waals surface area contributed by atoms with Gasteiger partial charge in [0.25, 0.3) is 0 Å². The van der Waals surface area contributed by atoms with Crippen molar-refractivity contribution in [1.82, 2.24) is 4.98 Å². The van der Waals surface area contributed by atoms with Crippen LogP contribution in [0.3, 0.4) is 0 Å². The van der Waals surface area contributed by atoms with E-state index in [1.165, 1.54) is 4.70 Å². The van der Waals surface area contributed by atoms with Crippen LogP contribution in [0, 0.1) is 0 Å². The van der Waals surface area contributed by atoms with Crippen LogP contribution in [0.5, 0.6) is 0 Å². The van der Waals surface area contributed by atoms with Crippen LogP contribution in [-0.4, -0.2) is 4.98 Å². The van der Waals surface area contributed by atoms with E-state index in [4.69, 9.17) is 13.8 Å². The maximum Gasteiger partial charge on any atom is 0.227 e. The van der Waals surface area contributed by atoms with E-state index in [0.717, 1.165) is 76.3 Å². The van der Waals surface area contributed by atoms with Gasteiger partial charge in [-0.2, -0.15) is 0 Å². The van der Waals surface area contributed by atoms with Crippen molar-refractivity contribution < 1.29 is 14.3 Å². The second-order valence-electron chi connectivity index (χ2n) is 13.6. The summed E-state index contributed by atoms with van der Waals surface area (Å²) in [5.41, 5.74) is 7.34. The third-order valence-corrected chi connectivity index (χ3v) is 11.7. The molecular weight excluding hydrogens is 681 g/mol. The van der Waals surface area contributed by atoms with E-state index in [-0.39, 0.29) is 35.4 Å². The van der Waals surface area contributed by atoms with E-state index in [9.17, 15) is 5.48 Å². The molecule has 3 aromatic heterocycles. The fourth-order valence-corrected chi connectivity index (χ4v) is 9.15. The second kappa shape index (κ2) is 11.3. The molecule has 0 saturated heterocycles. The zero-order valence-corrected chi connectivity index (χ0v) is 29.3. The molecule has 0 fully saturated rings. The topological polar surface area (TPSA) is 42.4 Å². The van der Waals surface area contributed by atoms with Gasteiger partial charge >= 0.3 is 0 Å². The quantitative estimate of drug-likeness (QED) is 0.178. The Morgan fingerprint density at radius 1 is 0.481 bits per heavy atom. The Bertz CT molecular complexity index is 3360. The van der Waals surface area contributed by atoms with Gasteiger partial charge in [0.05, 0.1) is 5.48 Å². The zero-order chi connectivity index (χ0) is 38.8. The zero-order valence-electron chi connectivity index (χ0n) is 32.5. The maximum atomic E-state index is 9.70. The highest BCUT2D eigenvalue weighted by molar-refractivity contribution is 7.25. The molecule has 0 amide bonds. The van der Waals surface area contributed by atoms with Crippen molar-refractivity contribution in [3.05, 3.63) is 170 Å². The molecule has 0 spiro atoms. The fourth-order valence-electron chi connectivity index (χ4n) is 8.07. The van der Waals surface area contributed by atoms with E-state index in [2.05, 4.69) is 24.3 Å². The minimum Gasteiger partial charge on any atom is -0.456 e. The molecule has 1 aliphatic carbocycles. The SMILES string of the molecule is [2H]c1c([2H])c(N(c2ccc3oc4ccccc4c3c2)c2ccc3sc4ccccc4c3c2)c([2H])c([2H])c1-c1ccc2c3c(cccc13)-c1oc(-c3ccccc3)nc1-2. The number of hydrogen-bond acceptors (Lipinski definition) is 5. The normalized spacial score (nSPS) is 13.1. The van der Waals surface area contributed by atoms with E-state index < -0.39 is 0 Å². The largest absolute Gasteiger partial charge is 0.456 e. The molecule has 12 rings (SSSR count). The van der Waals surface area contributed by atoms with Crippen molar-refractivity contribution in [2.45, 2.75) is 0 Å². The highest BCUT2D eigenvalue weighted by Gasteiger charge is 2.29. The first-order valence-corrected chi connectivity index (χ1v) is 18.6. The van der Waals surface area contributed by atoms with Crippen LogP contribution in [0.25, 0.3) is 98.0 Å². The lowest BCUT2D eigenvalue weighted by molar-refractivity contribution is 0.590. The van der Waals surface area contributed by atoms with Gasteiger partial charge in [-0.25, -0.2) is 4.98 Å². The van der Waals surface area contributed by atoms with Crippen molar-refractivity contribution in [1.29, 1.82) is 0 Å². The van der Waals surface area contributed by atoms with E-state index in [0.29, 0.717) is 22.9 Å². The average molecular weight is 713 g/mol. The summed E-state index contributed by atoms with van der Waals surface area (Å²) < 4.78 is 53.5. The maximum absolute atomic E-state index is 9.70. The number of furan rings is 1. The van der Waals surface area contributed by atoms with Crippen molar-refractivity contribution in [3.8, 4) is 45.2 Å². The Hall–Kier alpha value is -6.95. The molecule has 4 nitrogen and oxygen atoms in total. The Morgan fingerprint density at radius 3 is 2.07 bits per heavy atom. The first-order valence-electron chi connectivity index (χ1n) is 19.8. The van der Waals surface area contributed by atoms with Crippen LogP contribution in [-0.2, 0) is 0 Å². The number of benzene rings is 8. The molecule has 1 aliphatic rings. The number of aromatic nitrogens is 1. The van der Waals surface area contributed by atoms with Gasteiger partial charge in [-0.1, -0.05) is 97.0 Å². The highest BCUT2D eigenvalue weighted by atomic mass is 32.1. The Morgan fingerprint density at radius 2 is 1.19 bits per heavy atom. The van der Waals surface area contributed by atoms with Crippen molar-refractivity contribution in [2.24, 2.45) is 0 Å². The van der Waals surface area contributed by atoms with E-state index >= 15 is 0 Å². The van der Waals surface area contributed by atoms with Gasteiger partial charge < -0.3 is 13.7 Å². The number of nitrogens with zero attached hydrogens (tertiary/aromatic N) is 2. The summed E-state index contributed by atoms with van der Waals surface area (Å²) in [4.78, 5) is 6.77. The Labute approximate surface area is 319 Å². The van der Waals surface area contributed by atoms with Gasteiger partial charge in [-0.05, 0) is 89.3 Å². The lowest BCUT2D eigenvalue weighted by atomic mass is 9.94. The molecular formula is C49H28N2O2S. The molecule has 0 bridgehead atoms. The molecule has 0 N–H and O–H groups in total. The minimum absolute atomic E-state index is 0.127. The molecule has 0 radical (unpaired) electrons. The fraction of sp³-hybridized carbons (Fsp3) is 0. The predicted octanol–water partition coefficient (Wildman–Crippen LogP) is 14.5.